The summed E-state index contributed by atoms with van der Waals surface area (Å²) < 4.78 is 40.8. The lowest BCUT2D eigenvalue weighted by molar-refractivity contribution is 0.0703. The third-order valence-corrected chi connectivity index (χ3v) is 5.66. The second-order valence-electron chi connectivity index (χ2n) is 7.12. The molecule has 0 radical (unpaired) electrons. The first kappa shape index (κ1) is 18.4. The van der Waals surface area contributed by atoms with E-state index in [1.54, 1.807) is 42.5 Å². The number of hydrogen-bond donors (Lipinski definition) is 0. The molecule has 3 aromatic carbocycles. The van der Waals surface area contributed by atoms with Crippen LogP contribution in [0.3, 0.4) is 0 Å². The molecule has 2 heterocycles. The molecule has 0 N–H and O–H groups in total. The number of para-hydroxylation sites is 2. The zero-order valence-electron chi connectivity index (χ0n) is 15.9. The summed E-state index contributed by atoms with van der Waals surface area (Å²) in [4.78, 5) is 12.9. The molecule has 0 spiro atoms. The number of hydrogen-bond acceptors (Lipinski definition) is 6. The largest absolute Gasteiger partial charge is 0.456 e. The topological polar surface area (TPSA) is 86.7 Å². The monoisotopic (exact) mass is 420 g/mol. The molecule has 7 heteroatoms. The predicted molar refractivity (Wildman–Crippen MR) is 113 cm³/mol. The van der Waals surface area contributed by atoms with Crippen molar-refractivity contribution in [2.75, 3.05) is 6.26 Å². The highest BCUT2D eigenvalue weighted by atomic mass is 32.2. The van der Waals surface area contributed by atoms with Crippen LogP contribution in [0.15, 0.2) is 75.6 Å². The number of furan rings is 2. The Morgan fingerprint density at radius 2 is 1.47 bits per heavy atom. The van der Waals surface area contributed by atoms with Gasteiger partial charge >= 0.3 is 5.97 Å². The summed E-state index contributed by atoms with van der Waals surface area (Å²) >= 11 is 0. The Hall–Kier alpha value is -3.58. The van der Waals surface area contributed by atoms with Crippen LogP contribution in [0.25, 0.3) is 32.9 Å². The Balaban J connectivity index is 1.56. The van der Waals surface area contributed by atoms with Gasteiger partial charge in [-0.3, -0.25) is 0 Å². The molecule has 0 amide bonds. The second-order valence-corrected chi connectivity index (χ2v) is 9.26. The van der Waals surface area contributed by atoms with Crippen LogP contribution in [0.5, 0.6) is 5.75 Å². The summed E-state index contributed by atoms with van der Waals surface area (Å²) in [6.07, 6.45) is 1.11. The molecule has 6 nitrogen and oxygen atoms in total. The Morgan fingerprint density at radius 3 is 2.20 bits per heavy atom. The normalized spacial score (nSPS) is 12.0. The SMILES string of the molecule is CS(=O)(=O)Cc1c(C(=O)Oc2ccc3oc4ccccc4c3c2)oc2ccccc12. The average Bonchev–Trinajstić information content (AvgIpc) is 3.25. The van der Waals surface area contributed by atoms with Gasteiger partial charge in [-0.05, 0) is 30.3 Å². The molecule has 0 saturated heterocycles. The summed E-state index contributed by atoms with van der Waals surface area (Å²) in [5, 5.41) is 2.30. The van der Waals surface area contributed by atoms with E-state index < -0.39 is 15.8 Å². The van der Waals surface area contributed by atoms with E-state index in [-0.39, 0.29) is 11.5 Å². The fourth-order valence-electron chi connectivity index (χ4n) is 3.59. The van der Waals surface area contributed by atoms with Gasteiger partial charge in [0.2, 0.25) is 5.76 Å². The van der Waals surface area contributed by atoms with Crippen LogP contribution in [0.4, 0.5) is 0 Å². The van der Waals surface area contributed by atoms with Crippen molar-refractivity contribution in [1.82, 2.24) is 0 Å². The number of sulfone groups is 1. The van der Waals surface area contributed by atoms with Gasteiger partial charge in [-0.1, -0.05) is 36.4 Å². The highest BCUT2D eigenvalue weighted by Crippen LogP contribution is 2.32. The molecule has 0 aliphatic carbocycles. The smallest absolute Gasteiger partial charge is 0.379 e. The van der Waals surface area contributed by atoms with Crippen molar-refractivity contribution < 1.29 is 26.8 Å². The van der Waals surface area contributed by atoms with E-state index in [0.717, 1.165) is 22.6 Å². The Morgan fingerprint density at radius 1 is 0.833 bits per heavy atom. The maximum Gasteiger partial charge on any atom is 0.379 e. The fourth-order valence-corrected chi connectivity index (χ4v) is 4.40. The third-order valence-electron chi connectivity index (χ3n) is 4.85. The number of benzene rings is 3. The minimum absolute atomic E-state index is 0.112. The summed E-state index contributed by atoms with van der Waals surface area (Å²) in [5.41, 5.74) is 2.15. The van der Waals surface area contributed by atoms with Crippen molar-refractivity contribution in [3.8, 4) is 5.75 Å². The van der Waals surface area contributed by atoms with Gasteiger partial charge in [0.25, 0.3) is 0 Å². The summed E-state index contributed by atoms with van der Waals surface area (Å²) in [7, 11) is -3.39. The van der Waals surface area contributed by atoms with E-state index in [0.29, 0.717) is 27.9 Å². The van der Waals surface area contributed by atoms with Gasteiger partial charge in [-0.25, -0.2) is 13.2 Å². The molecule has 0 aliphatic heterocycles. The number of carbonyl (C=O) groups excluding carboxylic acids is 1. The Bertz CT molecular complexity index is 1540. The molecule has 0 fully saturated rings. The molecule has 5 aromatic rings. The van der Waals surface area contributed by atoms with Gasteiger partial charge in [-0.2, -0.15) is 0 Å². The highest BCUT2D eigenvalue weighted by molar-refractivity contribution is 7.89. The minimum atomic E-state index is -3.39. The van der Waals surface area contributed by atoms with Gasteiger partial charge in [0, 0.05) is 28.0 Å². The number of fused-ring (bicyclic) bond motifs is 4. The van der Waals surface area contributed by atoms with Crippen molar-refractivity contribution >= 4 is 48.7 Å². The number of carbonyl (C=O) groups is 1. The van der Waals surface area contributed by atoms with E-state index in [1.807, 2.05) is 24.3 Å². The fraction of sp³-hybridized carbons (Fsp3) is 0.0870. The van der Waals surface area contributed by atoms with Crippen LogP contribution in [-0.4, -0.2) is 20.6 Å². The summed E-state index contributed by atoms with van der Waals surface area (Å²) in [5.74, 6) is -0.875. The number of esters is 1. The van der Waals surface area contributed by atoms with Crippen LogP contribution in [-0.2, 0) is 15.6 Å². The van der Waals surface area contributed by atoms with E-state index >= 15 is 0 Å². The summed E-state index contributed by atoms with van der Waals surface area (Å²) in [6, 6.07) is 19.6. The first-order valence-corrected chi connectivity index (χ1v) is 11.3. The van der Waals surface area contributed by atoms with Gasteiger partial charge in [0.05, 0.1) is 5.75 Å². The molecule has 0 saturated carbocycles. The zero-order chi connectivity index (χ0) is 20.9. The van der Waals surface area contributed by atoms with Crippen molar-refractivity contribution in [2.45, 2.75) is 5.75 Å². The van der Waals surface area contributed by atoms with Gasteiger partial charge in [0.1, 0.15) is 22.5 Å². The average molecular weight is 420 g/mol. The van der Waals surface area contributed by atoms with Crippen molar-refractivity contribution in [3.63, 3.8) is 0 Å². The van der Waals surface area contributed by atoms with Crippen LogP contribution < -0.4 is 4.74 Å². The van der Waals surface area contributed by atoms with Crippen LogP contribution >= 0.6 is 0 Å². The van der Waals surface area contributed by atoms with E-state index in [4.69, 9.17) is 13.6 Å². The molecule has 150 valence electrons. The van der Waals surface area contributed by atoms with Gasteiger partial charge in [0.15, 0.2) is 9.84 Å². The van der Waals surface area contributed by atoms with Crippen molar-refractivity contribution in [2.24, 2.45) is 0 Å². The lowest BCUT2D eigenvalue weighted by Crippen LogP contribution is -2.12. The number of rotatable bonds is 4. The first-order chi connectivity index (χ1) is 14.4. The summed E-state index contributed by atoms with van der Waals surface area (Å²) in [6.45, 7) is 0. The molecule has 0 bridgehead atoms. The molecule has 0 atom stereocenters. The minimum Gasteiger partial charge on any atom is -0.456 e. The van der Waals surface area contributed by atoms with Gasteiger partial charge < -0.3 is 13.6 Å². The molecule has 0 aliphatic rings. The maximum atomic E-state index is 12.9. The Labute approximate surface area is 171 Å². The van der Waals surface area contributed by atoms with Crippen LogP contribution in [0.1, 0.15) is 16.1 Å². The standard InChI is InChI=1S/C23H16O6S/c1-30(25,26)13-18-16-7-3-5-9-20(16)29-22(18)23(24)27-14-10-11-21-17(12-14)15-6-2-4-8-19(15)28-21/h2-12H,13H2,1H3. The molecular formula is C23H16O6S. The predicted octanol–water partition coefficient (Wildman–Crippen LogP) is 5.10. The quantitative estimate of drug-likeness (QED) is 0.297. The van der Waals surface area contributed by atoms with Crippen molar-refractivity contribution in [1.29, 1.82) is 0 Å². The van der Waals surface area contributed by atoms with E-state index in [2.05, 4.69) is 0 Å². The molecule has 2 aromatic heterocycles. The molecule has 30 heavy (non-hydrogen) atoms. The third kappa shape index (κ3) is 3.23. The number of ether oxygens (including phenoxy) is 1. The zero-order valence-corrected chi connectivity index (χ0v) is 16.7. The molecule has 5 rings (SSSR count). The highest BCUT2D eigenvalue weighted by Gasteiger charge is 2.25. The second kappa shape index (κ2) is 6.74. The van der Waals surface area contributed by atoms with Gasteiger partial charge in [-0.15, -0.1) is 0 Å². The van der Waals surface area contributed by atoms with E-state index in [1.165, 1.54) is 0 Å². The Kier molecular flexibility index (Phi) is 4.15. The van der Waals surface area contributed by atoms with Crippen molar-refractivity contribution in [3.05, 3.63) is 78.1 Å². The van der Waals surface area contributed by atoms with E-state index in [9.17, 15) is 13.2 Å². The maximum absolute atomic E-state index is 12.9. The van der Waals surface area contributed by atoms with Crippen LogP contribution in [0.2, 0.25) is 0 Å². The molecular weight excluding hydrogens is 404 g/mol. The lowest BCUT2D eigenvalue weighted by Gasteiger charge is -2.04. The first-order valence-electron chi connectivity index (χ1n) is 9.21. The molecule has 0 unspecified atom stereocenters. The lowest BCUT2D eigenvalue weighted by atomic mass is 10.1. The van der Waals surface area contributed by atoms with Crippen LogP contribution in [0, 0.1) is 0 Å².